The van der Waals surface area contributed by atoms with Gasteiger partial charge in [0.05, 0.1) is 18.7 Å². The van der Waals surface area contributed by atoms with Crippen molar-refractivity contribution in [2.75, 3.05) is 11.9 Å². The van der Waals surface area contributed by atoms with Crippen LogP contribution in [-0.2, 0) is 11.3 Å². The van der Waals surface area contributed by atoms with Crippen molar-refractivity contribution in [3.05, 3.63) is 75.7 Å². The van der Waals surface area contributed by atoms with Gasteiger partial charge in [0.2, 0.25) is 5.91 Å². The van der Waals surface area contributed by atoms with Crippen LogP contribution >= 0.6 is 11.3 Å². The van der Waals surface area contributed by atoms with E-state index in [0.29, 0.717) is 11.3 Å². The number of aryl methyl sites for hydroxylation is 1. The molecule has 0 spiro atoms. The van der Waals surface area contributed by atoms with Crippen LogP contribution in [0.2, 0.25) is 0 Å². The molecule has 0 radical (unpaired) electrons. The van der Waals surface area contributed by atoms with Crippen molar-refractivity contribution in [1.29, 1.82) is 0 Å². The number of nitrogens with one attached hydrogen (secondary N) is 2. The number of benzene rings is 1. The third-order valence-corrected chi connectivity index (χ3v) is 5.04. The second kappa shape index (κ2) is 8.01. The van der Waals surface area contributed by atoms with E-state index in [9.17, 15) is 9.59 Å². The van der Waals surface area contributed by atoms with E-state index in [-0.39, 0.29) is 18.4 Å². The lowest BCUT2D eigenvalue weighted by Crippen LogP contribution is -2.33. The number of carbonyl (C=O) groups excluding carboxylic acids is 2. The predicted molar refractivity (Wildman–Crippen MR) is 105 cm³/mol. The molecule has 0 aliphatic carbocycles. The molecule has 26 heavy (non-hydrogen) atoms. The van der Waals surface area contributed by atoms with Crippen LogP contribution in [0.4, 0.5) is 5.69 Å². The second-order valence-corrected chi connectivity index (χ2v) is 7.08. The number of rotatable bonds is 6. The molecule has 2 amide bonds. The van der Waals surface area contributed by atoms with E-state index in [1.807, 2.05) is 49.6 Å². The van der Waals surface area contributed by atoms with Gasteiger partial charge in [0, 0.05) is 22.0 Å². The summed E-state index contributed by atoms with van der Waals surface area (Å²) in [7, 11) is 0. The highest BCUT2D eigenvalue weighted by Crippen LogP contribution is 2.19. The molecule has 3 aromatic rings. The van der Waals surface area contributed by atoms with Crippen molar-refractivity contribution < 1.29 is 9.59 Å². The highest BCUT2D eigenvalue weighted by molar-refractivity contribution is 7.09. The molecule has 0 atom stereocenters. The molecule has 0 saturated carbocycles. The van der Waals surface area contributed by atoms with Crippen LogP contribution in [0.3, 0.4) is 0 Å². The van der Waals surface area contributed by atoms with Gasteiger partial charge in [-0.1, -0.05) is 24.3 Å². The molecular weight excluding hydrogens is 346 g/mol. The molecule has 2 aromatic heterocycles. The van der Waals surface area contributed by atoms with Gasteiger partial charge < -0.3 is 15.2 Å². The van der Waals surface area contributed by atoms with E-state index in [4.69, 9.17) is 0 Å². The lowest BCUT2D eigenvalue weighted by molar-refractivity contribution is -0.115. The number of nitrogens with zero attached hydrogens (tertiary/aromatic N) is 1. The Hall–Kier alpha value is -2.86. The Kier molecular flexibility index (Phi) is 5.53. The minimum absolute atomic E-state index is 0.0671. The lowest BCUT2D eigenvalue weighted by atomic mass is 10.2. The Labute approximate surface area is 156 Å². The molecule has 1 aromatic carbocycles. The van der Waals surface area contributed by atoms with E-state index in [1.54, 1.807) is 23.5 Å². The summed E-state index contributed by atoms with van der Waals surface area (Å²) in [5.74, 6) is -0.490. The molecule has 134 valence electrons. The average molecular weight is 367 g/mol. The molecule has 0 bridgehead atoms. The molecule has 0 saturated heterocycles. The van der Waals surface area contributed by atoms with Crippen LogP contribution in [0.15, 0.2) is 53.9 Å². The van der Waals surface area contributed by atoms with Gasteiger partial charge in [0.1, 0.15) is 0 Å². The molecule has 3 rings (SSSR count). The molecule has 0 aliphatic heterocycles. The molecule has 5 nitrogen and oxygen atoms in total. The quantitative estimate of drug-likeness (QED) is 0.699. The molecule has 2 heterocycles. The molecule has 0 fully saturated rings. The van der Waals surface area contributed by atoms with Crippen LogP contribution in [0.5, 0.6) is 0 Å². The first-order valence-corrected chi connectivity index (χ1v) is 9.25. The maximum absolute atomic E-state index is 12.5. The Morgan fingerprint density at radius 1 is 1.08 bits per heavy atom. The minimum atomic E-state index is -0.253. The highest BCUT2D eigenvalue weighted by atomic mass is 32.1. The zero-order valence-corrected chi connectivity index (χ0v) is 15.6. The standard InChI is InChI=1S/C20H21N3O2S/c1-14-11-18(15(2)23(14)13-17-9-6-10-26-17)20(25)21-12-19(24)22-16-7-4-3-5-8-16/h3-11H,12-13H2,1-2H3,(H,21,25)(H,22,24). The number of hydrogen-bond acceptors (Lipinski definition) is 3. The predicted octanol–water partition coefficient (Wildman–Crippen LogP) is 3.58. The third-order valence-electron chi connectivity index (χ3n) is 4.18. The van der Waals surface area contributed by atoms with Crippen molar-refractivity contribution in [2.45, 2.75) is 20.4 Å². The summed E-state index contributed by atoms with van der Waals surface area (Å²) in [6, 6.07) is 15.1. The SMILES string of the molecule is Cc1cc(C(=O)NCC(=O)Nc2ccccc2)c(C)n1Cc1cccs1. The first kappa shape index (κ1) is 17.9. The molecule has 2 N–H and O–H groups in total. The van der Waals surface area contributed by atoms with Crippen molar-refractivity contribution in [3.8, 4) is 0 Å². The van der Waals surface area contributed by atoms with E-state index in [0.717, 1.165) is 17.9 Å². The molecular formula is C20H21N3O2S. The summed E-state index contributed by atoms with van der Waals surface area (Å²) in [5.41, 5.74) is 3.24. The third kappa shape index (κ3) is 4.21. The van der Waals surface area contributed by atoms with Gasteiger partial charge in [-0.3, -0.25) is 9.59 Å². The summed E-state index contributed by atoms with van der Waals surface area (Å²) < 4.78 is 2.12. The van der Waals surface area contributed by atoms with Gasteiger partial charge in [-0.15, -0.1) is 11.3 Å². The summed E-state index contributed by atoms with van der Waals surface area (Å²) in [6.07, 6.45) is 0. The minimum Gasteiger partial charge on any atom is -0.343 e. The normalized spacial score (nSPS) is 10.5. The van der Waals surface area contributed by atoms with Gasteiger partial charge in [-0.2, -0.15) is 0 Å². The van der Waals surface area contributed by atoms with E-state index >= 15 is 0 Å². The fourth-order valence-electron chi connectivity index (χ4n) is 2.82. The fraction of sp³-hybridized carbons (Fsp3) is 0.200. The van der Waals surface area contributed by atoms with Crippen molar-refractivity contribution in [1.82, 2.24) is 9.88 Å². The van der Waals surface area contributed by atoms with Crippen LogP contribution in [0, 0.1) is 13.8 Å². The van der Waals surface area contributed by atoms with Crippen LogP contribution in [0.1, 0.15) is 26.6 Å². The maximum Gasteiger partial charge on any atom is 0.253 e. The van der Waals surface area contributed by atoms with Crippen LogP contribution < -0.4 is 10.6 Å². The summed E-state index contributed by atoms with van der Waals surface area (Å²) >= 11 is 1.69. The number of para-hydroxylation sites is 1. The van der Waals surface area contributed by atoms with E-state index < -0.39 is 0 Å². The smallest absolute Gasteiger partial charge is 0.253 e. The van der Waals surface area contributed by atoms with Crippen molar-refractivity contribution in [3.63, 3.8) is 0 Å². The Morgan fingerprint density at radius 2 is 1.85 bits per heavy atom. The van der Waals surface area contributed by atoms with Crippen LogP contribution in [0.25, 0.3) is 0 Å². The first-order valence-electron chi connectivity index (χ1n) is 8.37. The molecule has 0 aliphatic rings. The topological polar surface area (TPSA) is 63.1 Å². The average Bonchev–Trinajstić information content (AvgIpc) is 3.24. The number of aromatic nitrogens is 1. The Bertz CT molecular complexity index is 899. The van der Waals surface area contributed by atoms with E-state index in [1.165, 1.54) is 4.88 Å². The maximum atomic E-state index is 12.5. The number of anilines is 1. The Morgan fingerprint density at radius 3 is 2.54 bits per heavy atom. The summed E-state index contributed by atoms with van der Waals surface area (Å²) in [6.45, 7) is 4.60. The highest BCUT2D eigenvalue weighted by Gasteiger charge is 2.16. The number of amides is 2. The number of carbonyl (C=O) groups is 2. The van der Waals surface area contributed by atoms with Crippen molar-refractivity contribution >= 4 is 28.8 Å². The van der Waals surface area contributed by atoms with E-state index in [2.05, 4.69) is 21.3 Å². The molecule has 0 unspecified atom stereocenters. The lowest BCUT2D eigenvalue weighted by Gasteiger charge is -2.09. The Balaban J connectivity index is 1.62. The van der Waals surface area contributed by atoms with Gasteiger partial charge >= 0.3 is 0 Å². The summed E-state index contributed by atoms with van der Waals surface area (Å²) in [5, 5.41) is 7.49. The zero-order valence-electron chi connectivity index (χ0n) is 14.8. The van der Waals surface area contributed by atoms with Gasteiger partial charge in [0.15, 0.2) is 0 Å². The largest absolute Gasteiger partial charge is 0.343 e. The van der Waals surface area contributed by atoms with Gasteiger partial charge in [-0.05, 0) is 43.5 Å². The number of hydrogen-bond donors (Lipinski definition) is 2. The summed E-state index contributed by atoms with van der Waals surface area (Å²) in [4.78, 5) is 25.7. The second-order valence-electron chi connectivity index (χ2n) is 6.05. The fourth-order valence-corrected chi connectivity index (χ4v) is 3.51. The first-order chi connectivity index (χ1) is 12.5. The number of thiophene rings is 1. The van der Waals surface area contributed by atoms with Crippen molar-refractivity contribution in [2.24, 2.45) is 0 Å². The molecule has 6 heteroatoms. The van der Waals surface area contributed by atoms with Crippen LogP contribution in [-0.4, -0.2) is 22.9 Å². The van der Waals surface area contributed by atoms with Gasteiger partial charge in [0.25, 0.3) is 5.91 Å². The van der Waals surface area contributed by atoms with Gasteiger partial charge in [-0.25, -0.2) is 0 Å². The monoisotopic (exact) mass is 367 g/mol. The zero-order chi connectivity index (χ0) is 18.5.